The first kappa shape index (κ1) is 20.0. The van der Waals surface area contributed by atoms with Gasteiger partial charge in [0.2, 0.25) is 5.91 Å². The summed E-state index contributed by atoms with van der Waals surface area (Å²) >= 11 is 2.81. The molecule has 0 unspecified atom stereocenters. The summed E-state index contributed by atoms with van der Waals surface area (Å²) in [5.74, 6) is 0.384. The molecule has 0 saturated carbocycles. The van der Waals surface area contributed by atoms with E-state index in [1.807, 2.05) is 70.9 Å². The number of carbonyl (C=O) groups excluding carboxylic acids is 1. The molecule has 5 nitrogen and oxygen atoms in total. The van der Waals surface area contributed by atoms with E-state index in [1.54, 1.807) is 4.57 Å². The summed E-state index contributed by atoms with van der Waals surface area (Å²) < 4.78 is 1.64. The highest BCUT2D eigenvalue weighted by Gasteiger charge is 2.22. The van der Waals surface area contributed by atoms with Crippen LogP contribution < -0.4 is 5.56 Å². The zero-order valence-electron chi connectivity index (χ0n) is 16.9. The van der Waals surface area contributed by atoms with Gasteiger partial charge in [0, 0.05) is 24.0 Å². The molecule has 0 N–H and O–H groups in total. The molecule has 0 aliphatic carbocycles. The second-order valence-electron chi connectivity index (χ2n) is 7.44. The number of thiophene rings is 1. The van der Waals surface area contributed by atoms with Crippen LogP contribution in [0.5, 0.6) is 0 Å². The van der Waals surface area contributed by atoms with Crippen LogP contribution in [0.15, 0.2) is 76.0 Å². The molecule has 0 bridgehead atoms. The first-order chi connectivity index (χ1) is 15.2. The van der Waals surface area contributed by atoms with Crippen molar-refractivity contribution in [3.63, 3.8) is 0 Å². The molecule has 0 atom stereocenters. The van der Waals surface area contributed by atoms with Gasteiger partial charge in [-0.15, -0.1) is 11.3 Å². The standard InChI is InChI=1S/C24H21N3O2S2/c28-20(26-13-7-8-14-26)16-31-24-25-22-21(19(15-30-22)17-9-3-1-4-10-17)23(29)27(24)18-11-5-2-6-12-18/h1-6,9-12,15H,7-8,13-14,16H2. The zero-order valence-corrected chi connectivity index (χ0v) is 18.5. The number of amides is 1. The Bertz CT molecular complexity index is 1280. The Morgan fingerprint density at radius 2 is 1.68 bits per heavy atom. The van der Waals surface area contributed by atoms with Crippen molar-refractivity contribution in [3.8, 4) is 16.8 Å². The van der Waals surface area contributed by atoms with Crippen molar-refractivity contribution >= 4 is 39.2 Å². The van der Waals surface area contributed by atoms with Crippen molar-refractivity contribution in [3.05, 3.63) is 76.4 Å². The number of carbonyl (C=O) groups is 1. The fourth-order valence-corrected chi connectivity index (χ4v) is 5.79. The van der Waals surface area contributed by atoms with Gasteiger partial charge in [-0.3, -0.25) is 14.2 Å². The van der Waals surface area contributed by atoms with Gasteiger partial charge in [0.05, 0.1) is 16.8 Å². The van der Waals surface area contributed by atoms with Gasteiger partial charge in [-0.2, -0.15) is 0 Å². The molecule has 1 saturated heterocycles. The maximum Gasteiger partial charge on any atom is 0.268 e. The fraction of sp³-hybridized carbons (Fsp3) is 0.208. The van der Waals surface area contributed by atoms with Gasteiger partial charge in [-0.1, -0.05) is 60.3 Å². The zero-order chi connectivity index (χ0) is 21.2. The predicted octanol–water partition coefficient (Wildman–Crippen LogP) is 4.83. The van der Waals surface area contributed by atoms with Gasteiger partial charge in [0.15, 0.2) is 5.16 Å². The Morgan fingerprint density at radius 1 is 1.00 bits per heavy atom. The third-order valence-electron chi connectivity index (χ3n) is 5.46. The predicted molar refractivity (Wildman–Crippen MR) is 127 cm³/mol. The Morgan fingerprint density at radius 3 is 2.39 bits per heavy atom. The van der Waals surface area contributed by atoms with E-state index in [4.69, 9.17) is 4.98 Å². The third kappa shape index (κ3) is 3.91. The highest BCUT2D eigenvalue weighted by atomic mass is 32.2. The highest BCUT2D eigenvalue weighted by Crippen LogP contribution is 2.33. The number of para-hydroxylation sites is 1. The number of nitrogens with zero attached hydrogens (tertiary/aromatic N) is 3. The average molecular weight is 448 g/mol. The lowest BCUT2D eigenvalue weighted by atomic mass is 10.1. The maximum absolute atomic E-state index is 13.7. The SMILES string of the molecule is O=C(CSc1nc2scc(-c3ccccc3)c2c(=O)n1-c1ccccc1)N1CCCC1. The largest absolute Gasteiger partial charge is 0.342 e. The fourth-order valence-electron chi connectivity index (χ4n) is 3.89. The molecule has 3 heterocycles. The molecule has 1 aliphatic rings. The Hall–Kier alpha value is -2.90. The van der Waals surface area contributed by atoms with E-state index in [0.29, 0.717) is 15.4 Å². The molecule has 156 valence electrons. The molecule has 2 aromatic carbocycles. The molecule has 1 aliphatic heterocycles. The Kier molecular flexibility index (Phi) is 5.61. The van der Waals surface area contributed by atoms with Crippen molar-refractivity contribution in [2.45, 2.75) is 18.0 Å². The summed E-state index contributed by atoms with van der Waals surface area (Å²) in [4.78, 5) is 33.8. The van der Waals surface area contributed by atoms with Crippen molar-refractivity contribution in [2.75, 3.05) is 18.8 Å². The van der Waals surface area contributed by atoms with Crippen molar-refractivity contribution in [1.29, 1.82) is 0 Å². The summed E-state index contributed by atoms with van der Waals surface area (Å²) in [6.07, 6.45) is 2.12. The first-order valence-corrected chi connectivity index (χ1v) is 12.1. The molecule has 0 spiro atoms. The second-order valence-corrected chi connectivity index (χ2v) is 9.24. The van der Waals surface area contributed by atoms with Crippen LogP contribution >= 0.6 is 23.1 Å². The smallest absolute Gasteiger partial charge is 0.268 e. The quantitative estimate of drug-likeness (QED) is 0.325. The monoisotopic (exact) mass is 447 g/mol. The molecule has 0 radical (unpaired) electrons. The van der Waals surface area contributed by atoms with E-state index in [-0.39, 0.29) is 17.2 Å². The lowest BCUT2D eigenvalue weighted by Gasteiger charge is -2.16. The molecule has 31 heavy (non-hydrogen) atoms. The summed E-state index contributed by atoms with van der Waals surface area (Å²) in [7, 11) is 0. The normalized spacial score (nSPS) is 13.7. The lowest BCUT2D eigenvalue weighted by Crippen LogP contribution is -2.29. The number of likely N-dealkylation sites (tertiary alicyclic amines) is 1. The van der Waals surface area contributed by atoms with Gasteiger partial charge in [0.25, 0.3) is 5.56 Å². The van der Waals surface area contributed by atoms with Crippen LogP contribution in [0.4, 0.5) is 0 Å². The molecule has 2 aromatic heterocycles. The van der Waals surface area contributed by atoms with Gasteiger partial charge in [-0.25, -0.2) is 4.98 Å². The van der Waals surface area contributed by atoms with E-state index < -0.39 is 0 Å². The maximum atomic E-state index is 13.7. The summed E-state index contributed by atoms with van der Waals surface area (Å²) in [5, 5.41) is 3.17. The molecule has 7 heteroatoms. The molecule has 1 fully saturated rings. The van der Waals surface area contributed by atoms with Crippen molar-refractivity contribution in [1.82, 2.24) is 14.5 Å². The lowest BCUT2D eigenvalue weighted by molar-refractivity contribution is -0.127. The van der Waals surface area contributed by atoms with E-state index in [9.17, 15) is 9.59 Å². The van der Waals surface area contributed by atoms with Gasteiger partial charge >= 0.3 is 0 Å². The minimum Gasteiger partial charge on any atom is -0.342 e. The van der Waals surface area contributed by atoms with Crippen LogP contribution in [0.2, 0.25) is 0 Å². The number of benzene rings is 2. The summed E-state index contributed by atoms with van der Waals surface area (Å²) in [6, 6.07) is 19.4. The molecular weight excluding hydrogens is 426 g/mol. The van der Waals surface area contributed by atoms with E-state index >= 15 is 0 Å². The van der Waals surface area contributed by atoms with Crippen LogP contribution in [0.1, 0.15) is 12.8 Å². The van der Waals surface area contributed by atoms with Gasteiger partial charge in [0.1, 0.15) is 4.83 Å². The Balaban J connectivity index is 1.61. The number of aromatic nitrogens is 2. The van der Waals surface area contributed by atoms with E-state index in [1.165, 1.54) is 23.1 Å². The van der Waals surface area contributed by atoms with Crippen molar-refractivity contribution < 1.29 is 4.79 Å². The van der Waals surface area contributed by atoms with E-state index in [0.717, 1.165) is 42.7 Å². The van der Waals surface area contributed by atoms with Crippen molar-refractivity contribution in [2.24, 2.45) is 0 Å². The van der Waals surface area contributed by atoms with E-state index in [2.05, 4.69) is 0 Å². The third-order valence-corrected chi connectivity index (χ3v) is 7.26. The number of hydrogen-bond acceptors (Lipinski definition) is 5. The van der Waals surface area contributed by atoms with Crippen LogP contribution in [0.25, 0.3) is 27.0 Å². The molecule has 1 amide bonds. The Labute approximate surface area is 188 Å². The molecule has 5 rings (SSSR count). The number of fused-ring (bicyclic) bond motifs is 1. The highest BCUT2D eigenvalue weighted by molar-refractivity contribution is 7.99. The first-order valence-electron chi connectivity index (χ1n) is 10.3. The minimum atomic E-state index is -0.104. The summed E-state index contributed by atoms with van der Waals surface area (Å²) in [5.41, 5.74) is 2.54. The van der Waals surface area contributed by atoms with Gasteiger partial charge < -0.3 is 4.90 Å². The minimum absolute atomic E-state index is 0.104. The number of rotatable bonds is 5. The van der Waals surface area contributed by atoms with Gasteiger partial charge in [-0.05, 0) is 30.5 Å². The van der Waals surface area contributed by atoms with Crippen LogP contribution in [0.3, 0.4) is 0 Å². The molecular formula is C24H21N3O2S2. The summed E-state index contributed by atoms with van der Waals surface area (Å²) in [6.45, 7) is 1.64. The van der Waals surface area contributed by atoms with Crippen LogP contribution in [-0.4, -0.2) is 39.2 Å². The number of hydrogen-bond donors (Lipinski definition) is 0. The average Bonchev–Trinajstić information content (AvgIpc) is 3.49. The van der Waals surface area contributed by atoms with Crippen LogP contribution in [-0.2, 0) is 4.79 Å². The van der Waals surface area contributed by atoms with Crippen LogP contribution in [0, 0.1) is 0 Å². The second kappa shape index (κ2) is 8.69. The number of thioether (sulfide) groups is 1. The molecule has 4 aromatic rings. The topological polar surface area (TPSA) is 55.2 Å².